The van der Waals surface area contributed by atoms with E-state index in [2.05, 4.69) is 15.3 Å². The van der Waals surface area contributed by atoms with Crippen molar-refractivity contribution in [1.29, 1.82) is 0 Å². The number of pyridine rings is 2. The fraction of sp³-hybridized carbons (Fsp3) is 0.250. The zero-order valence-electron chi connectivity index (χ0n) is 12.4. The zero-order valence-corrected chi connectivity index (χ0v) is 12.4. The summed E-state index contributed by atoms with van der Waals surface area (Å²) in [4.78, 5) is 33.6. The maximum absolute atomic E-state index is 12.3. The number of aromatic nitrogens is 2. The molecule has 2 aromatic heterocycles. The number of hydrogen-bond donors (Lipinski definition) is 1. The number of hydrogen-bond acceptors (Lipinski definition) is 5. The van der Waals surface area contributed by atoms with Crippen LogP contribution in [0.2, 0.25) is 0 Å². The minimum absolute atomic E-state index is 0.0535. The first kappa shape index (κ1) is 15.0. The Labute approximate surface area is 133 Å². The van der Waals surface area contributed by atoms with E-state index in [1.807, 2.05) is 12.1 Å². The van der Waals surface area contributed by atoms with Crippen molar-refractivity contribution < 1.29 is 14.3 Å². The molecule has 3 heterocycles. The molecule has 23 heavy (non-hydrogen) atoms. The number of nitrogens with zero attached hydrogens (tertiary/aromatic N) is 3. The van der Waals surface area contributed by atoms with Crippen molar-refractivity contribution in [2.24, 2.45) is 0 Å². The SMILES string of the molecule is O=C(NCc1cccnc1)[C@@H]1COC(=O)N1Cc1cccnc1. The van der Waals surface area contributed by atoms with E-state index in [0.29, 0.717) is 6.54 Å². The number of carbonyl (C=O) groups is 2. The topological polar surface area (TPSA) is 84.4 Å². The molecule has 3 rings (SSSR count). The molecule has 0 bridgehead atoms. The maximum atomic E-state index is 12.3. The molecule has 0 spiro atoms. The molecule has 0 aliphatic carbocycles. The van der Waals surface area contributed by atoms with Gasteiger partial charge in [-0.1, -0.05) is 12.1 Å². The van der Waals surface area contributed by atoms with Gasteiger partial charge in [0.15, 0.2) is 0 Å². The fourth-order valence-corrected chi connectivity index (χ4v) is 2.34. The Morgan fingerprint density at radius 1 is 1.22 bits per heavy atom. The molecule has 118 valence electrons. The smallest absolute Gasteiger partial charge is 0.410 e. The molecule has 7 nitrogen and oxygen atoms in total. The minimum Gasteiger partial charge on any atom is -0.447 e. The third kappa shape index (κ3) is 3.63. The van der Waals surface area contributed by atoms with E-state index in [-0.39, 0.29) is 19.1 Å². The van der Waals surface area contributed by atoms with Gasteiger partial charge in [-0.2, -0.15) is 0 Å². The van der Waals surface area contributed by atoms with E-state index < -0.39 is 12.1 Å². The van der Waals surface area contributed by atoms with Crippen molar-refractivity contribution in [2.45, 2.75) is 19.1 Å². The van der Waals surface area contributed by atoms with E-state index in [1.165, 1.54) is 4.90 Å². The lowest BCUT2D eigenvalue weighted by Crippen LogP contribution is -2.45. The van der Waals surface area contributed by atoms with Gasteiger partial charge in [-0.3, -0.25) is 19.7 Å². The molecule has 1 fully saturated rings. The molecule has 0 unspecified atom stereocenters. The van der Waals surface area contributed by atoms with Crippen LogP contribution in [0.5, 0.6) is 0 Å². The van der Waals surface area contributed by atoms with Gasteiger partial charge in [-0.05, 0) is 23.3 Å². The van der Waals surface area contributed by atoms with Gasteiger partial charge in [0.1, 0.15) is 12.6 Å². The number of ether oxygens (including phenoxy) is 1. The zero-order chi connectivity index (χ0) is 16.1. The number of amides is 2. The van der Waals surface area contributed by atoms with E-state index >= 15 is 0 Å². The molecular weight excluding hydrogens is 296 g/mol. The third-order valence-corrected chi connectivity index (χ3v) is 3.54. The Bertz CT molecular complexity index is 678. The highest BCUT2D eigenvalue weighted by Crippen LogP contribution is 2.16. The van der Waals surface area contributed by atoms with Gasteiger partial charge in [-0.15, -0.1) is 0 Å². The molecule has 7 heteroatoms. The van der Waals surface area contributed by atoms with Gasteiger partial charge in [0, 0.05) is 31.3 Å². The average molecular weight is 312 g/mol. The molecule has 1 aliphatic rings. The third-order valence-electron chi connectivity index (χ3n) is 3.54. The second-order valence-corrected chi connectivity index (χ2v) is 5.16. The van der Waals surface area contributed by atoms with Crippen LogP contribution < -0.4 is 5.32 Å². The fourth-order valence-electron chi connectivity index (χ4n) is 2.34. The number of carbonyl (C=O) groups excluding carboxylic acids is 2. The molecule has 1 atom stereocenters. The lowest BCUT2D eigenvalue weighted by Gasteiger charge is -2.20. The summed E-state index contributed by atoms with van der Waals surface area (Å²) < 4.78 is 5.02. The van der Waals surface area contributed by atoms with E-state index in [0.717, 1.165) is 11.1 Å². The van der Waals surface area contributed by atoms with Gasteiger partial charge in [0.05, 0.1) is 6.54 Å². The predicted octanol–water partition coefficient (Wildman–Crippen LogP) is 1.11. The average Bonchev–Trinajstić information content (AvgIpc) is 2.95. The summed E-state index contributed by atoms with van der Waals surface area (Å²) in [5, 5.41) is 2.81. The van der Waals surface area contributed by atoms with Gasteiger partial charge in [0.2, 0.25) is 5.91 Å². The van der Waals surface area contributed by atoms with E-state index in [4.69, 9.17) is 4.74 Å². The molecule has 2 aromatic rings. The van der Waals surface area contributed by atoms with Crippen LogP contribution in [0.15, 0.2) is 49.1 Å². The summed E-state index contributed by atoms with van der Waals surface area (Å²) in [5.41, 5.74) is 1.74. The summed E-state index contributed by atoms with van der Waals surface area (Å²) in [6.45, 7) is 0.702. The molecule has 1 aliphatic heterocycles. The van der Waals surface area contributed by atoms with Gasteiger partial charge in [-0.25, -0.2) is 4.79 Å². The number of cyclic esters (lactones) is 1. The van der Waals surface area contributed by atoms with Crippen LogP contribution in [0.1, 0.15) is 11.1 Å². The lowest BCUT2D eigenvalue weighted by molar-refractivity contribution is -0.125. The quantitative estimate of drug-likeness (QED) is 0.894. The van der Waals surface area contributed by atoms with Crippen LogP contribution in [0.25, 0.3) is 0 Å². The first-order valence-electron chi connectivity index (χ1n) is 7.23. The van der Waals surface area contributed by atoms with Gasteiger partial charge < -0.3 is 10.1 Å². The summed E-state index contributed by atoms with van der Waals surface area (Å²) in [6, 6.07) is 6.67. The van der Waals surface area contributed by atoms with E-state index in [1.54, 1.807) is 36.9 Å². The van der Waals surface area contributed by atoms with Gasteiger partial charge >= 0.3 is 6.09 Å². The molecule has 0 radical (unpaired) electrons. The highest BCUT2D eigenvalue weighted by Gasteiger charge is 2.37. The molecular formula is C16H16N4O3. The van der Waals surface area contributed by atoms with Crippen molar-refractivity contribution in [3.05, 3.63) is 60.2 Å². The van der Waals surface area contributed by atoms with Crippen molar-refractivity contribution in [3.8, 4) is 0 Å². The summed E-state index contributed by atoms with van der Waals surface area (Å²) >= 11 is 0. The maximum Gasteiger partial charge on any atom is 0.410 e. The van der Waals surface area contributed by atoms with Crippen LogP contribution in [0.3, 0.4) is 0 Å². The van der Waals surface area contributed by atoms with Crippen molar-refractivity contribution >= 4 is 12.0 Å². The summed E-state index contributed by atoms with van der Waals surface area (Å²) in [7, 11) is 0. The highest BCUT2D eigenvalue weighted by molar-refractivity contribution is 5.87. The Hall–Kier alpha value is -2.96. The first-order valence-corrected chi connectivity index (χ1v) is 7.23. The summed E-state index contributed by atoms with van der Waals surface area (Å²) in [6.07, 6.45) is 6.18. The highest BCUT2D eigenvalue weighted by atomic mass is 16.6. The monoisotopic (exact) mass is 312 g/mol. The molecule has 1 N–H and O–H groups in total. The van der Waals surface area contributed by atoms with E-state index in [9.17, 15) is 9.59 Å². The number of nitrogens with one attached hydrogen (secondary N) is 1. The van der Waals surface area contributed by atoms with Crippen LogP contribution in [-0.2, 0) is 22.6 Å². The van der Waals surface area contributed by atoms with Crippen molar-refractivity contribution in [1.82, 2.24) is 20.2 Å². The molecule has 0 aromatic carbocycles. The Balaban J connectivity index is 1.63. The Morgan fingerprint density at radius 2 is 1.91 bits per heavy atom. The standard InChI is InChI=1S/C16H16N4O3/c21-15(19-9-12-3-1-5-17-7-12)14-11-23-16(22)20(14)10-13-4-2-6-18-8-13/h1-8,14H,9-11H2,(H,19,21)/t14-/m0/s1. The lowest BCUT2D eigenvalue weighted by atomic mass is 10.2. The van der Waals surface area contributed by atoms with Gasteiger partial charge in [0.25, 0.3) is 0 Å². The minimum atomic E-state index is -0.639. The normalized spacial score (nSPS) is 17.0. The van der Waals surface area contributed by atoms with Crippen molar-refractivity contribution in [3.63, 3.8) is 0 Å². The van der Waals surface area contributed by atoms with Crippen LogP contribution >= 0.6 is 0 Å². The largest absolute Gasteiger partial charge is 0.447 e. The Morgan fingerprint density at radius 3 is 2.57 bits per heavy atom. The number of rotatable bonds is 5. The van der Waals surface area contributed by atoms with Crippen molar-refractivity contribution in [2.75, 3.05) is 6.61 Å². The predicted molar refractivity (Wildman–Crippen MR) is 81.0 cm³/mol. The van der Waals surface area contributed by atoms with Crippen LogP contribution in [0, 0.1) is 0 Å². The summed E-state index contributed by atoms with van der Waals surface area (Å²) in [5.74, 6) is -0.247. The molecule has 1 saturated heterocycles. The van der Waals surface area contributed by atoms with Crippen LogP contribution in [-0.4, -0.2) is 39.5 Å². The molecule has 2 amide bonds. The van der Waals surface area contributed by atoms with Crippen LogP contribution in [0.4, 0.5) is 4.79 Å². The Kier molecular flexibility index (Phi) is 4.46. The second kappa shape index (κ2) is 6.87. The second-order valence-electron chi connectivity index (χ2n) is 5.16. The molecule has 0 saturated carbocycles. The first-order chi connectivity index (χ1) is 11.2.